The molecule has 0 spiro atoms. The molecule has 0 bridgehead atoms. The summed E-state index contributed by atoms with van der Waals surface area (Å²) in [4.78, 5) is 77.4. The number of nitrogens with one attached hydrogen (secondary N) is 2. The molecule has 4 amide bonds. The lowest BCUT2D eigenvalue weighted by Crippen LogP contribution is -2.54. The Bertz CT molecular complexity index is 1300. The second-order valence-electron chi connectivity index (χ2n) is 9.16. The molecule has 2 aromatic rings. The van der Waals surface area contributed by atoms with Gasteiger partial charge in [-0.05, 0) is 49.2 Å². The van der Waals surface area contributed by atoms with Crippen LogP contribution in [0.1, 0.15) is 41.3 Å². The number of aldehydes is 1. The fourth-order valence-electron chi connectivity index (χ4n) is 4.33. The first-order valence-corrected chi connectivity index (χ1v) is 12.2. The molecule has 2 atom stereocenters. The average molecular weight is 539 g/mol. The van der Waals surface area contributed by atoms with E-state index in [-0.39, 0.29) is 42.2 Å². The van der Waals surface area contributed by atoms with Crippen molar-refractivity contribution in [1.29, 1.82) is 0 Å². The molecule has 0 saturated heterocycles. The number of carbonyl (C=O) groups excluding carboxylic acids is 5. The van der Waals surface area contributed by atoms with E-state index in [0.29, 0.717) is 16.8 Å². The lowest BCUT2D eigenvalue weighted by atomic mass is 10.0. The van der Waals surface area contributed by atoms with E-state index >= 15 is 0 Å². The topological polar surface area (TPSA) is 173 Å². The van der Waals surface area contributed by atoms with Crippen LogP contribution in [0, 0.1) is 13.8 Å². The zero-order chi connectivity index (χ0) is 28.9. The molecule has 4 N–H and O–H groups in total. The van der Waals surface area contributed by atoms with E-state index in [4.69, 9.17) is 5.11 Å². The normalized spacial score (nSPS) is 15.6. The minimum Gasteiger partial charge on any atom is -0.507 e. The van der Waals surface area contributed by atoms with Gasteiger partial charge in [0.25, 0.3) is 11.8 Å². The summed E-state index contributed by atoms with van der Waals surface area (Å²) >= 11 is 0. The van der Waals surface area contributed by atoms with E-state index in [1.165, 1.54) is 17.0 Å². The Kier molecular flexibility index (Phi) is 9.02. The van der Waals surface area contributed by atoms with Crippen LogP contribution >= 0.6 is 0 Å². The Morgan fingerprint density at radius 3 is 2.28 bits per heavy atom. The maximum atomic E-state index is 13.8. The summed E-state index contributed by atoms with van der Waals surface area (Å²) in [5.74, 6) is -3.69. The molecule has 0 aliphatic carbocycles. The lowest BCUT2D eigenvalue weighted by molar-refractivity contribution is -0.139. The van der Waals surface area contributed by atoms with E-state index in [1.54, 1.807) is 45.0 Å². The number of aryl methyl sites for hydroxylation is 2. The van der Waals surface area contributed by atoms with Crippen LogP contribution in [0.3, 0.4) is 0 Å². The number of para-hydroxylation sites is 2. The van der Waals surface area contributed by atoms with Crippen molar-refractivity contribution in [3.8, 4) is 5.75 Å². The van der Waals surface area contributed by atoms with Crippen molar-refractivity contribution >= 4 is 47.3 Å². The first-order chi connectivity index (χ1) is 18.5. The van der Waals surface area contributed by atoms with Crippen molar-refractivity contribution in [1.82, 2.24) is 10.6 Å². The zero-order valence-electron chi connectivity index (χ0n) is 21.8. The van der Waals surface area contributed by atoms with Gasteiger partial charge in [0.1, 0.15) is 24.6 Å². The van der Waals surface area contributed by atoms with Crippen LogP contribution in [0.4, 0.5) is 11.4 Å². The SMILES string of the molecule is CCC(=O)N1C[C@H](NC(=O)c2cc(C)c(O)c(C)c2)C(=O)N(CC(=O)N[C@H](C=O)CC(=O)O)c2ccccc21. The van der Waals surface area contributed by atoms with Crippen LogP contribution in [-0.2, 0) is 24.0 Å². The number of amides is 4. The Balaban J connectivity index is 1.98. The smallest absolute Gasteiger partial charge is 0.305 e. The van der Waals surface area contributed by atoms with Crippen LogP contribution in [0.5, 0.6) is 5.75 Å². The minimum atomic E-state index is -1.30. The van der Waals surface area contributed by atoms with Gasteiger partial charge in [-0.1, -0.05) is 19.1 Å². The molecule has 0 saturated carbocycles. The highest BCUT2D eigenvalue weighted by molar-refractivity contribution is 6.11. The predicted octanol–water partition coefficient (Wildman–Crippen LogP) is 1.06. The van der Waals surface area contributed by atoms with Crippen LogP contribution < -0.4 is 20.4 Å². The zero-order valence-corrected chi connectivity index (χ0v) is 21.8. The molecule has 1 aliphatic rings. The molecule has 39 heavy (non-hydrogen) atoms. The molecular weight excluding hydrogens is 508 g/mol. The van der Waals surface area contributed by atoms with Gasteiger partial charge in [-0.15, -0.1) is 0 Å². The third kappa shape index (κ3) is 6.58. The Hall–Kier alpha value is -4.74. The summed E-state index contributed by atoms with van der Waals surface area (Å²) in [5, 5.41) is 24.0. The lowest BCUT2D eigenvalue weighted by Gasteiger charge is -2.25. The highest BCUT2D eigenvalue weighted by Crippen LogP contribution is 2.33. The standard InChI is InChI=1S/C27H30N4O8/c1-4-23(34)30-12-19(29-26(38)17-9-15(2)25(37)16(3)10-17)27(39)31(21-8-6-5-7-20(21)30)13-22(33)28-18(14-32)11-24(35)36/h5-10,14,18-19,37H,4,11-13H2,1-3H3,(H,28,33)(H,29,38)(H,35,36)/t18-,19-/m0/s1. The number of aliphatic carboxylic acids is 1. The molecule has 2 aromatic carbocycles. The maximum absolute atomic E-state index is 13.8. The van der Waals surface area contributed by atoms with Crippen LogP contribution in [-0.4, -0.2) is 71.3 Å². The second-order valence-corrected chi connectivity index (χ2v) is 9.16. The van der Waals surface area contributed by atoms with Crippen molar-refractivity contribution in [2.75, 3.05) is 22.9 Å². The van der Waals surface area contributed by atoms with Crippen molar-refractivity contribution in [2.24, 2.45) is 0 Å². The van der Waals surface area contributed by atoms with Crippen LogP contribution in [0.25, 0.3) is 0 Å². The Labute approximate surface area is 224 Å². The highest BCUT2D eigenvalue weighted by atomic mass is 16.4. The molecular formula is C27H30N4O8. The molecule has 3 rings (SSSR count). The molecule has 0 fully saturated rings. The van der Waals surface area contributed by atoms with Crippen LogP contribution in [0.2, 0.25) is 0 Å². The van der Waals surface area contributed by atoms with E-state index in [9.17, 15) is 33.9 Å². The molecule has 0 unspecified atom stereocenters. The number of rotatable bonds is 9. The number of phenols is 1. The van der Waals surface area contributed by atoms with E-state index < -0.39 is 48.7 Å². The number of phenolic OH excluding ortho intramolecular Hbond substituents is 1. The Morgan fingerprint density at radius 1 is 1.10 bits per heavy atom. The number of hydrogen-bond donors (Lipinski definition) is 4. The third-order valence-electron chi connectivity index (χ3n) is 6.26. The number of aromatic hydroxyl groups is 1. The first-order valence-electron chi connectivity index (χ1n) is 12.2. The largest absolute Gasteiger partial charge is 0.507 e. The van der Waals surface area contributed by atoms with Gasteiger partial charge in [-0.3, -0.25) is 28.9 Å². The number of nitrogens with zero attached hydrogens (tertiary/aromatic N) is 2. The van der Waals surface area contributed by atoms with Gasteiger partial charge < -0.3 is 30.5 Å². The van der Waals surface area contributed by atoms with Crippen LogP contribution in [0.15, 0.2) is 36.4 Å². The maximum Gasteiger partial charge on any atom is 0.305 e. The fourth-order valence-corrected chi connectivity index (χ4v) is 4.33. The summed E-state index contributed by atoms with van der Waals surface area (Å²) in [5.41, 5.74) is 1.70. The number of carbonyl (C=O) groups is 6. The average Bonchev–Trinajstić information content (AvgIpc) is 3.01. The molecule has 0 aromatic heterocycles. The highest BCUT2D eigenvalue weighted by Gasteiger charge is 2.37. The minimum absolute atomic E-state index is 0.0426. The predicted molar refractivity (Wildman–Crippen MR) is 141 cm³/mol. The number of benzene rings is 2. The van der Waals surface area contributed by atoms with E-state index in [1.807, 2.05) is 0 Å². The van der Waals surface area contributed by atoms with Gasteiger partial charge in [0, 0.05) is 12.0 Å². The quantitative estimate of drug-likeness (QED) is 0.343. The van der Waals surface area contributed by atoms with Gasteiger partial charge in [0.15, 0.2) is 0 Å². The van der Waals surface area contributed by atoms with E-state index in [0.717, 1.165) is 4.90 Å². The molecule has 206 valence electrons. The number of carboxylic acids is 1. The monoisotopic (exact) mass is 538 g/mol. The van der Waals surface area contributed by atoms with Crippen molar-refractivity contribution in [3.05, 3.63) is 53.1 Å². The summed E-state index contributed by atoms with van der Waals surface area (Å²) < 4.78 is 0. The Morgan fingerprint density at radius 2 is 1.72 bits per heavy atom. The summed E-state index contributed by atoms with van der Waals surface area (Å²) in [7, 11) is 0. The summed E-state index contributed by atoms with van der Waals surface area (Å²) in [6.45, 7) is 4.10. The second kappa shape index (κ2) is 12.2. The molecule has 12 heteroatoms. The first kappa shape index (κ1) is 28.8. The van der Waals surface area contributed by atoms with Gasteiger partial charge in [-0.2, -0.15) is 0 Å². The van der Waals surface area contributed by atoms with Gasteiger partial charge in [0.05, 0.1) is 30.4 Å². The van der Waals surface area contributed by atoms with Gasteiger partial charge in [0.2, 0.25) is 11.8 Å². The van der Waals surface area contributed by atoms with E-state index in [2.05, 4.69) is 10.6 Å². The molecule has 12 nitrogen and oxygen atoms in total. The number of fused-ring (bicyclic) bond motifs is 1. The summed E-state index contributed by atoms with van der Waals surface area (Å²) in [6, 6.07) is 6.80. The van der Waals surface area contributed by atoms with Crippen molar-refractivity contribution in [3.63, 3.8) is 0 Å². The van der Waals surface area contributed by atoms with Crippen molar-refractivity contribution < 1.29 is 39.0 Å². The number of carboxylic acid groups (broad SMARTS) is 1. The molecule has 0 radical (unpaired) electrons. The van der Waals surface area contributed by atoms with Gasteiger partial charge >= 0.3 is 5.97 Å². The molecule has 1 aliphatic heterocycles. The number of anilines is 2. The number of hydrogen-bond acceptors (Lipinski definition) is 7. The fraction of sp³-hybridized carbons (Fsp3) is 0.333. The van der Waals surface area contributed by atoms with Crippen molar-refractivity contribution in [2.45, 2.75) is 45.7 Å². The van der Waals surface area contributed by atoms with Gasteiger partial charge in [-0.25, -0.2) is 0 Å². The molecule has 1 heterocycles. The third-order valence-corrected chi connectivity index (χ3v) is 6.26. The summed E-state index contributed by atoms with van der Waals surface area (Å²) in [6.07, 6.45) is -0.241.